The molecule has 122 heavy (non-hydrogen) atoms. The summed E-state index contributed by atoms with van der Waals surface area (Å²) in [6.45, 7) is 5.61. The van der Waals surface area contributed by atoms with Gasteiger partial charge in [-0.05, 0) is 152 Å². The third kappa shape index (κ3) is 20.1. The Kier molecular flexibility index (Phi) is 27.1. The van der Waals surface area contributed by atoms with Crippen molar-refractivity contribution in [3.8, 4) is 62.9 Å². The fourth-order valence-electron chi connectivity index (χ4n) is 14.7. The van der Waals surface area contributed by atoms with Crippen molar-refractivity contribution >= 4 is 82.1 Å². The molecule has 21 N–H and O–H groups in total. The number of phenols is 3. The maximum Gasteiger partial charge on any atom is 0.573 e. The van der Waals surface area contributed by atoms with Gasteiger partial charge in [-0.15, -0.1) is 13.2 Å². The molecular weight excluding hydrogens is 1660 g/mol. The monoisotopic (exact) mass is 1740 g/mol. The van der Waals surface area contributed by atoms with E-state index in [0.717, 1.165) is 97.1 Å². The average Bonchev–Trinajstić information content (AvgIpc) is 0.768. The maximum absolute atomic E-state index is 16.2. The Labute approximate surface area is 701 Å². The van der Waals surface area contributed by atoms with Gasteiger partial charge in [0.25, 0.3) is 5.91 Å². The molecule has 18 atom stereocenters. The first-order chi connectivity index (χ1) is 57.7. The van der Waals surface area contributed by atoms with Gasteiger partial charge in [-0.1, -0.05) is 67.4 Å². The molecule has 8 amide bonds. The molecule has 7 aromatic carbocycles. The number of aliphatic hydroxyl groups is 6. The first-order valence-corrected chi connectivity index (χ1v) is 38.6. The number of aliphatic hydroxyl groups excluding tert-OH is 6. The van der Waals surface area contributed by atoms with Crippen molar-refractivity contribution in [3.05, 3.63) is 176 Å². The van der Waals surface area contributed by atoms with Crippen LogP contribution in [0.3, 0.4) is 0 Å². The number of nitrogens with two attached hydrogens (primary N) is 1. The number of benzene rings is 7. The van der Waals surface area contributed by atoms with E-state index in [-0.39, 0.29) is 47.7 Å². The zero-order valence-corrected chi connectivity index (χ0v) is 66.5. The summed E-state index contributed by atoms with van der Waals surface area (Å²) in [5, 5.41) is 139. The van der Waals surface area contributed by atoms with E-state index in [1.54, 1.807) is 45.0 Å². The predicted molar refractivity (Wildman–Crippen MR) is 419 cm³/mol. The summed E-state index contributed by atoms with van der Waals surface area (Å²) in [6.07, 6.45) is -24.7. The van der Waals surface area contributed by atoms with Crippen molar-refractivity contribution in [1.82, 2.24) is 42.5 Å². The highest BCUT2D eigenvalue weighted by Gasteiger charge is 2.52. The van der Waals surface area contributed by atoms with Gasteiger partial charge in [0.1, 0.15) is 95.2 Å². The van der Waals surface area contributed by atoms with Crippen LogP contribution in [0.25, 0.3) is 11.1 Å². The van der Waals surface area contributed by atoms with Gasteiger partial charge >= 0.3 is 12.3 Å². The first-order valence-electron chi connectivity index (χ1n) is 37.9. The molecule has 7 aliphatic heterocycles. The Morgan fingerprint density at radius 2 is 1.33 bits per heavy atom. The van der Waals surface area contributed by atoms with Crippen LogP contribution in [-0.4, -0.2) is 203 Å². The lowest BCUT2D eigenvalue weighted by Crippen LogP contribution is -2.65. The van der Waals surface area contributed by atoms with Crippen LogP contribution in [0.2, 0.25) is 10.0 Å². The first kappa shape index (κ1) is 89.6. The van der Waals surface area contributed by atoms with Crippen molar-refractivity contribution in [2.45, 2.75) is 169 Å². The Hall–Kier alpha value is -11.7. The number of anilines is 1. The fourth-order valence-corrected chi connectivity index (χ4v) is 15.2. The van der Waals surface area contributed by atoms with Gasteiger partial charge in [0, 0.05) is 52.5 Å². The molecule has 0 unspecified atom stereocenters. The minimum atomic E-state index is -4.97. The molecule has 41 heteroatoms. The summed E-state index contributed by atoms with van der Waals surface area (Å²) in [7, 11) is 1.46. The maximum atomic E-state index is 16.2. The number of amides is 8. The Morgan fingerprint density at radius 3 is 1.94 bits per heavy atom. The zero-order chi connectivity index (χ0) is 88.4. The van der Waals surface area contributed by atoms with E-state index in [0.29, 0.717) is 5.56 Å². The van der Waals surface area contributed by atoms with E-state index >= 15 is 14.4 Å². The molecule has 7 aliphatic rings. The average molecular weight is 1740 g/mol. The molecule has 0 spiro atoms. The van der Waals surface area contributed by atoms with Crippen LogP contribution in [0.5, 0.6) is 51.7 Å². The number of primary amides is 1. The Bertz CT molecular complexity index is 5190. The minimum Gasteiger partial charge on any atom is -0.508 e. The number of phenolic OH excluding ortho intramolecular Hbond substituents is 3. The third-order valence-electron chi connectivity index (χ3n) is 21.0. The summed E-state index contributed by atoms with van der Waals surface area (Å²) in [5.74, 6) is -17.9. The quantitative estimate of drug-likeness (QED) is 0.0542. The van der Waals surface area contributed by atoms with E-state index in [9.17, 15) is 93.0 Å². The van der Waals surface area contributed by atoms with Crippen LogP contribution in [0.4, 0.5) is 18.9 Å². The van der Waals surface area contributed by atoms with Crippen LogP contribution in [-0.2, 0) is 59.1 Å². The van der Waals surface area contributed by atoms with Gasteiger partial charge in [-0.3, -0.25) is 38.4 Å². The summed E-state index contributed by atoms with van der Waals surface area (Å²) in [6, 6.07) is 9.27. The highest BCUT2D eigenvalue weighted by atomic mass is 35.5. The number of carbonyl (C=O) groups excluding carboxylic acids is 8. The summed E-state index contributed by atoms with van der Waals surface area (Å²) in [4.78, 5) is 131. The van der Waals surface area contributed by atoms with Crippen molar-refractivity contribution in [2.24, 2.45) is 11.7 Å². The lowest BCUT2D eigenvalue weighted by atomic mass is 9.84. The smallest absolute Gasteiger partial charge is 0.508 e. The molecule has 650 valence electrons. The molecule has 11 bridgehead atoms. The molecule has 0 radical (unpaired) electrons. The molecule has 14 rings (SSSR count). The summed E-state index contributed by atoms with van der Waals surface area (Å²) < 4.78 is 81.8. The van der Waals surface area contributed by atoms with E-state index in [1.165, 1.54) is 20.0 Å². The number of hydrogen-bond acceptors (Lipinski definition) is 27. The number of rotatable bonds is 19. The van der Waals surface area contributed by atoms with Gasteiger partial charge in [-0.25, -0.2) is 4.79 Å². The summed E-state index contributed by atoms with van der Waals surface area (Å²) in [5.41, 5.74) is 2.04. The Morgan fingerprint density at radius 1 is 0.697 bits per heavy atom. The third-order valence-corrected chi connectivity index (χ3v) is 21.6. The number of likely N-dealkylation sites (N-methyl/N-ethyl adjacent to an activating group) is 1. The number of halogens is 5. The zero-order valence-electron chi connectivity index (χ0n) is 65.0. The van der Waals surface area contributed by atoms with Crippen molar-refractivity contribution < 1.29 is 141 Å². The number of aromatic hydroxyl groups is 3. The second kappa shape index (κ2) is 36.9. The molecule has 0 aromatic heterocycles. The second-order valence-corrected chi connectivity index (χ2v) is 31.0. The number of fused-ring (bicyclic) bond motifs is 15. The summed E-state index contributed by atoms with van der Waals surface area (Å²) >= 11 is 14.3. The fraction of sp³-hybridized carbons (Fsp3) is 0.370. The highest BCUT2D eigenvalue weighted by Crippen LogP contribution is 2.50. The molecule has 0 aliphatic carbocycles. The van der Waals surface area contributed by atoms with Crippen LogP contribution in [0.15, 0.2) is 127 Å². The molecule has 36 nitrogen and oxygen atoms in total. The lowest BCUT2D eigenvalue weighted by molar-refractivity contribution is -0.334. The van der Waals surface area contributed by atoms with Gasteiger partial charge in [0.05, 0.1) is 41.3 Å². The minimum absolute atomic E-state index is 0.0117. The van der Waals surface area contributed by atoms with Crippen LogP contribution < -0.4 is 72.5 Å². The van der Waals surface area contributed by atoms with E-state index in [1.807, 2.05) is 0 Å². The van der Waals surface area contributed by atoms with Gasteiger partial charge in [-0.2, -0.15) is 0 Å². The standard InChI is InChI=1S/C81H85Cl2F3N10O26/c1-32(2)19-47(88-5)72(108)95-62-64(102)37-12-17-51(45(82)22-37)117-53-24-39-25-54(68(53)121-79-69(67(105)66(104)55(31-97)119-79)120-57-29-80(4,70(106)33(3)116-57)89-30-34-7-6-8-40(20-34)90-71(107)35-9-14-42(15-10-35)122-81(84,85)86)118-52-18-13-38(23-46(52)83)65(103)63-77(113)94-61(78(114)115)44-26-41(98)27-50(100)58(44)43-21-36(11-16-49(43)99)59(74(110)96-63)93-75(111)60(39)92-73(109)48(28-56(87)101)91-76(62)112/h6-18,20-27,32-33,47-48,55,57,59-67,69-70,79,88-89,97-100,102-106H,19,28-31H2,1-5H3,(H2,87,101)(H,90,107)(H,91,112)(H,92,109)(H,93,111)(H,94,113)(H,95,108)(H,96,110)(H,114,115)/t33-,47+,48-,55+,57-,59+,60+,61-,62+,63-,64+,65+,66+,67-,69+,70+,79-,80-/m0/s1. The van der Waals surface area contributed by atoms with Crippen molar-refractivity contribution in [2.75, 3.05) is 19.0 Å². The van der Waals surface area contributed by atoms with E-state index in [4.69, 9.17) is 57.4 Å². The number of alkyl halides is 3. The molecular formula is C81H85Cl2F3N10O26. The number of carboxylic acids is 1. The largest absolute Gasteiger partial charge is 0.573 e. The van der Waals surface area contributed by atoms with Gasteiger partial charge in [0.15, 0.2) is 29.9 Å². The topological polar surface area (TPSA) is 555 Å². The van der Waals surface area contributed by atoms with E-state index < -0.39 is 271 Å². The van der Waals surface area contributed by atoms with Crippen LogP contribution in [0, 0.1) is 5.92 Å². The SMILES string of the molecule is CN[C@H](CC(C)C)C(=O)N[C@H]1C(=O)N[C@@H](CC(N)=O)C(=O)N[C@H]2C(=O)N[C@H]3C(=O)N[C@H](C(=O)N[C@H](C(=O)O)c4cc(O)cc(O)c4-c4cc3ccc4O)[C@H](O)c3ccc(c(Cl)c3)Oc3cc2cc(c3O[C@@H]2O[C@H](CO)[C@@H](O)[C@H](O)[C@H]2O[C@H]2C[C@](C)(NCc3cccc(NC(=O)c4ccc(OC(F)(F)F)cc4)c3)[C@H](O)[C@H](C)O2)Oc2ccc(cc2Cl)[C@H]1O. The normalized spacial score (nSPS) is 26.4. The second-order valence-electron chi connectivity index (χ2n) is 30.2. The molecule has 0 saturated carbocycles. The van der Waals surface area contributed by atoms with Gasteiger partial charge < -0.3 is 138 Å². The van der Waals surface area contributed by atoms with E-state index in [2.05, 4.69) is 52.6 Å². The van der Waals surface area contributed by atoms with Crippen molar-refractivity contribution in [1.29, 1.82) is 0 Å². The predicted octanol–water partition coefficient (Wildman–Crippen LogP) is 4.09. The van der Waals surface area contributed by atoms with Crippen LogP contribution >= 0.6 is 23.2 Å². The number of aliphatic carboxylic acids is 1. The molecule has 7 aromatic rings. The highest BCUT2D eigenvalue weighted by molar-refractivity contribution is 6.32. The molecule has 2 fully saturated rings. The van der Waals surface area contributed by atoms with Crippen LogP contribution in [0.1, 0.15) is 121 Å². The Balaban J connectivity index is 1.00. The number of hydrogen-bond donors (Lipinski definition) is 20. The number of carboxylic acid groups (broad SMARTS) is 1. The number of nitrogens with one attached hydrogen (secondary N) is 9. The van der Waals surface area contributed by atoms with Crippen molar-refractivity contribution in [3.63, 3.8) is 0 Å². The molecule has 7 heterocycles. The number of carbonyl (C=O) groups is 9. The number of ether oxygens (including phenoxy) is 7. The van der Waals surface area contributed by atoms with Gasteiger partial charge in [0.2, 0.25) is 53.4 Å². The molecule has 2 saturated heterocycles. The lowest BCUT2D eigenvalue weighted by Gasteiger charge is -2.48.